The first kappa shape index (κ1) is 15.5. The molecule has 0 saturated carbocycles. The van der Waals surface area contributed by atoms with Gasteiger partial charge in [0.2, 0.25) is 0 Å². The second-order valence-corrected chi connectivity index (χ2v) is 6.44. The summed E-state index contributed by atoms with van der Waals surface area (Å²) in [6.07, 6.45) is 4.01. The maximum atomic E-state index is 12.6. The zero-order valence-electron chi connectivity index (χ0n) is 13.5. The number of carbonyl (C=O) groups is 1. The van der Waals surface area contributed by atoms with Gasteiger partial charge in [0, 0.05) is 32.4 Å². The van der Waals surface area contributed by atoms with E-state index in [9.17, 15) is 4.79 Å². The first-order valence-corrected chi connectivity index (χ1v) is 8.17. The van der Waals surface area contributed by atoms with Gasteiger partial charge in [-0.05, 0) is 44.7 Å². The molecule has 2 fully saturated rings. The van der Waals surface area contributed by atoms with Crippen molar-refractivity contribution in [2.45, 2.75) is 44.3 Å². The van der Waals surface area contributed by atoms with E-state index in [2.05, 4.69) is 0 Å². The summed E-state index contributed by atoms with van der Waals surface area (Å²) in [5.41, 5.74) is 1.72. The number of likely N-dealkylation sites (tertiary alicyclic amines) is 1. The molecule has 2 heterocycles. The van der Waals surface area contributed by atoms with Gasteiger partial charge < -0.3 is 14.4 Å². The van der Waals surface area contributed by atoms with E-state index < -0.39 is 0 Å². The van der Waals surface area contributed by atoms with E-state index in [1.54, 1.807) is 7.11 Å². The number of rotatable bonds is 2. The van der Waals surface area contributed by atoms with Crippen LogP contribution in [-0.4, -0.2) is 49.3 Å². The largest absolute Gasteiger partial charge is 0.378 e. The van der Waals surface area contributed by atoms with E-state index in [0.717, 1.165) is 56.5 Å². The van der Waals surface area contributed by atoms with E-state index in [1.165, 1.54) is 0 Å². The Morgan fingerprint density at radius 1 is 1.36 bits per heavy atom. The van der Waals surface area contributed by atoms with Crippen LogP contribution in [0.3, 0.4) is 0 Å². The van der Waals surface area contributed by atoms with Gasteiger partial charge in [-0.1, -0.05) is 17.7 Å². The molecule has 0 aliphatic carbocycles. The van der Waals surface area contributed by atoms with Crippen molar-refractivity contribution in [2.24, 2.45) is 0 Å². The van der Waals surface area contributed by atoms with Gasteiger partial charge in [-0.15, -0.1) is 0 Å². The second kappa shape index (κ2) is 6.39. The van der Waals surface area contributed by atoms with Crippen LogP contribution in [0.2, 0.25) is 0 Å². The Morgan fingerprint density at radius 2 is 2.14 bits per heavy atom. The molecule has 2 aliphatic heterocycles. The number of carbonyl (C=O) groups excluding carboxylic acids is 1. The molecular weight excluding hydrogens is 278 g/mol. The van der Waals surface area contributed by atoms with Crippen LogP contribution in [0, 0.1) is 6.92 Å². The Morgan fingerprint density at radius 3 is 2.82 bits per heavy atom. The van der Waals surface area contributed by atoms with Crippen LogP contribution in [0.4, 0.5) is 0 Å². The van der Waals surface area contributed by atoms with Gasteiger partial charge in [-0.3, -0.25) is 4.79 Å². The minimum atomic E-state index is -0.184. The van der Waals surface area contributed by atoms with Crippen molar-refractivity contribution >= 4 is 5.91 Å². The lowest BCUT2D eigenvalue weighted by atomic mass is 9.81. The van der Waals surface area contributed by atoms with Crippen molar-refractivity contribution in [3.8, 4) is 0 Å². The van der Waals surface area contributed by atoms with E-state index >= 15 is 0 Å². The highest BCUT2D eigenvalue weighted by molar-refractivity contribution is 5.94. The lowest BCUT2D eigenvalue weighted by molar-refractivity contribution is -0.183. The molecule has 120 valence electrons. The first-order chi connectivity index (χ1) is 10.6. The average molecular weight is 303 g/mol. The monoisotopic (exact) mass is 303 g/mol. The minimum Gasteiger partial charge on any atom is -0.378 e. The molecule has 4 nitrogen and oxygen atoms in total. The quantitative estimate of drug-likeness (QED) is 0.843. The standard InChI is InChI=1S/C18H25NO3/c1-14-5-3-6-15(13-14)17(20)19-10-8-18(9-11-19)16(21-2)7-4-12-22-18/h3,5-6,13,16H,4,7-12H2,1-2H3. The summed E-state index contributed by atoms with van der Waals surface area (Å²) in [6.45, 7) is 4.31. The van der Waals surface area contributed by atoms with Crippen LogP contribution >= 0.6 is 0 Å². The van der Waals surface area contributed by atoms with E-state index in [0.29, 0.717) is 0 Å². The normalized spacial score (nSPS) is 24.5. The van der Waals surface area contributed by atoms with Gasteiger partial charge in [0.1, 0.15) is 0 Å². The Bertz CT molecular complexity index is 535. The lowest BCUT2D eigenvalue weighted by Gasteiger charge is -2.48. The summed E-state index contributed by atoms with van der Waals surface area (Å²) in [7, 11) is 1.77. The molecular formula is C18H25NO3. The molecule has 0 bridgehead atoms. The Balaban J connectivity index is 1.67. The van der Waals surface area contributed by atoms with Crippen molar-refractivity contribution in [2.75, 3.05) is 26.8 Å². The third-order valence-corrected chi connectivity index (χ3v) is 5.03. The molecule has 4 heteroatoms. The summed E-state index contributed by atoms with van der Waals surface area (Å²) in [6, 6.07) is 7.82. The highest BCUT2D eigenvalue weighted by Crippen LogP contribution is 2.37. The summed E-state index contributed by atoms with van der Waals surface area (Å²) >= 11 is 0. The van der Waals surface area contributed by atoms with E-state index in [-0.39, 0.29) is 17.6 Å². The Labute approximate surface area is 132 Å². The summed E-state index contributed by atoms with van der Waals surface area (Å²) < 4.78 is 11.8. The smallest absolute Gasteiger partial charge is 0.253 e. The molecule has 1 spiro atoms. The number of ether oxygens (including phenoxy) is 2. The molecule has 0 aromatic heterocycles. The Hall–Kier alpha value is -1.39. The topological polar surface area (TPSA) is 38.8 Å². The van der Waals surface area contributed by atoms with Crippen LogP contribution in [0.25, 0.3) is 0 Å². The number of hydrogen-bond acceptors (Lipinski definition) is 3. The van der Waals surface area contributed by atoms with Crippen molar-refractivity contribution in [3.05, 3.63) is 35.4 Å². The zero-order valence-corrected chi connectivity index (χ0v) is 13.5. The van der Waals surface area contributed by atoms with Crippen molar-refractivity contribution in [3.63, 3.8) is 0 Å². The molecule has 1 unspecified atom stereocenters. The van der Waals surface area contributed by atoms with Gasteiger partial charge in [-0.25, -0.2) is 0 Å². The lowest BCUT2D eigenvalue weighted by Crippen LogP contribution is -2.56. The zero-order chi connectivity index (χ0) is 15.6. The first-order valence-electron chi connectivity index (χ1n) is 8.17. The number of nitrogens with zero attached hydrogens (tertiary/aromatic N) is 1. The van der Waals surface area contributed by atoms with Crippen molar-refractivity contribution in [1.29, 1.82) is 0 Å². The van der Waals surface area contributed by atoms with E-state index in [4.69, 9.17) is 9.47 Å². The summed E-state index contributed by atoms with van der Waals surface area (Å²) in [5.74, 6) is 0.128. The fourth-order valence-corrected chi connectivity index (χ4v) is 3.75. The highest BCUT2D eigenvalue weighted by atomic mass is 16.5. The van der Waals surface area contributed by atoms with Gasteiger partial charge in [0.15, 0.2) is 0 Å². The van der Waals surface area contributed by atoms with Crippen LogP contribution in [-0.2, 0) is 9.47 Å². The molecule has 0 N–H and O–H groups in total. The van der Waals surface area contributed by atoms with Gasteiger partial charge in [0.05, 0.1) is 11.7 Å². The number of amides is 1. The molecule has 0 radical (unpaired) electrons. The van der Waals surface area contributed by atoms with E-state index in [1.807, 2.05) is 36.1 Å². The fourth-order valence-electron chi connectivity index (χ4n) is 3.75. The fraction of sp³-hybridized carbons (Fsp3) is 0.611. The molecule has 2 aliphatic rings. The molecule has 1 amide bonds. The molecule has 2 saturated heterocycles. The predicted octanol–water partition coefficient (Wildman–Crippen LogP) is 2.80. The van der Waals surface area contributed by atoms with Crippen LogP contribution in [0.15, 0.2) is 24.3 Å². The number of piperidine rings is 1. The minimum absolute atomic E-state index is 0.128. The summed E-state index contributed by atoms with van der Waals surface area (Å²) in [5, 5.41) is 0. The van der Waals surface area contributed by atoms with Crippen LogP contribution in [0.5, 0.6) is 0 Å². The molecule has 3 rings (SSSR count). The van der Waals surface area contributed by atoms with Crippen LogP contribution in [0.1, 0.15) is 41.6 Å². The third kappa shape index (κ3) is 2.90. The maximum absolute atomic E-state index is 12.6. The number of aryl methyl sites for hydroxylation is 1. The average Bonchev–Trinajstić information content (AvgIpc) is 2.55. The van der Waals surface area contributed by atoms with Gasteiger partial charge in [-0.2, -0.15) is 0 Å². The molecule has 22 heavy (non-hydrogen) atoms. The molecule has 1 aromatic carbocycles. The van der Waals surface area contributed by atoms with Gasteiger partial charge in [0.25, 0.3) is 5.91 Å². The predicted molar refractivity (Wildman–Crippen MR) is 85.0 cm³/mol. The third-order valence-electron chi connectivity index (χ3n) is 5.03. The van der Waals surface area contributed by atoms with Crippen LogP contribution < -0.4 is 0 Å². The summed E-state index contributed by atoms with van der Waals surface area (Å²) in [4.78, 5) is 14.6. The maximum Gasteiger partial charge on any atom is 0.253 e. The highest BCUT2D eigenvalue weighted by Gasteiger charge is 2.45. The number of methoxy groups -OCH3 is 1. The van der Waals surface area contributed by atoms with Gasteiger partial charge >= 0.3 is 0 Å². The SMILES string of the molecule is COC1CCCOC12CCN(C(=O)c1cccc(C)c1)CC2. The second-order valence-electron chi connectivity index (χ2n) is 6.44. The number of benzene rings is 1. The van der Waals surface area contributed by atoms with Crippen molar-refractivity contribution in [1.82, 2.24) is 4.90 Å². The molecule has 1 aromatic rings. The van der Waals surface area contributed by atoms with Crippen molar-refractivity contribution < 1.29 is 14.3 Å². The Kier molecular flexibility index (Phi) is 4.50. The molecule has 1 atom stereocenters. The number of hydrogen-bond donors (Lipinski definition) is 0.